The Morgan fingerprint density at radius 3 is 3.10 bits per heavy atom. The van der Waals surface area contributed by atoms with Gasteiger partial charge in [0.15, 0.2) is 0 Å². The molecular weight excluding hydrogens is 274 g/mol. The number of aromatic nitrogens is 4. The molecule has 1 aliphatic rings. The van der Waals surface area contributed by atoms with Crippen LogP contribution in [0.2, 0.25) is 5.02 Å². The van der Waals surface area contributed by atoms with Crippen molar-refractivity contribution < 1.29 is 0 Å². The molecule has 2 aromatic rings. The maximum Gasteiger partial charge on any atom is 0.0951 e. The normalized spacial score (nSPS) is 20.4. The summed E-state index contributed by atoms with van der Waals surface area (Å²) in [6.07, 6.45) is 8.29. The summed E-state index contributed by atoms with van der Waals surface area (Å²) >= 11 is 6.25. The van der Waals surface area contributed by atoms with Crippen LogP contribution in [-0.4, -0.2) is 37.7 Å². The number of hydrogen-bond donors (Lipinski definition) is 1. The summed E-state index contributed by atoms with van der Waals surface area (Å²) in [5.41, 5.74) is 1.92. The Bertz CT molecular complexity index is 548. The Morgan fingerprint density at radius 2 is 2.40 bits per heavy atom. The van der Waals surface area contributed by atoms with Gasteiger partial charge in [0.2, 0.25) is 0 Å². The minimum absolute atomic E-state index is 0.678. The van der Waals surface area contributed by atoms with E-state index in [-0.39, 0.29) is 0 Å². The van der Waals surface area contributed by atoms with Crippen LogP contribution in [-0.2, 0) is 13.1 Å². The molecule has 0 aliphatic carbocycles. The summed E-state index contributed by atoms with van der Waals surface area (Å²) < 4.78 is 2.17. The van der Waals surface area contributed by atoms with Gasteiger partial charge in [-0.25, -0.2) is 4.98 Å². The molecule has 0 saturated carbocycles. The van der Waals surface area contributed by atoms with Gasteiger partial charge in [-0.2, -0.15) is 5.10 Å². The molecule has 0 bridgehead atoms. The number of halogens is 1. The first kappa shape index (κ1) is 13.6. The molecule has 6 heteroatoms. The van der Waals surface area contributed by atoms with Crippen molar-refractivity contribution >= 4 is 11.6 Å². The van der Waals surface area contributed by atoms with Gasteiger partial charge < -0.3 is 4.57 Å². The Labute approximate surface area is 124 Å². The monoisotopic (exact) mass is 293 g/mol. The van der Waals surface area contributed by atoms with Crippen molar-refractivity contribution in [1.29, 1.82) is 0 Å². The van der Waals surface area contributed by atoms with Crippen molar-refractivity contribution in [2.45, 2.75) is 32.9 Å². The van der Waals surface area contributed by atoms with E-state index in [1.807, 2.05) is 25.6 Å². The van der Waals surface area contributed by atoms with E-state index in [9.17, 15) is 0 Å². The van der Waals surface area contributed by atoms with Crippen LogP contribution in [0.25, 0.3) is 0 Å². The molecule has 2 aromatic heterocycles. The second kappa shape index (κ2) is 5.97. The Morgan fingerprint density at radius 1 is 1.50 bits per heavy atom. The van der Waals surface area contributed by atoms with E-state index in [1.54, 1.807) is 0 Å². The highest BCUT2D eigenvalue weighted by Crippen LogP contribution is 2.23. The topological polar surface area (TPSA) is 49.7 Å². The van der Waals surface area contributed by atoms with E-state index in [2.05, 4.69) is 24.6 Å². The summed E-state index contributed by atoms with van der Waals surface area (Å²) in [5.74, 6) is 0.678. The van der Waals surface area contributed by atoms with Gasteiger partial charge in [0.25, 0.3) is 0 Å². The fraction of sp³-hybridized carbons (Fsp3) is 0.571. The molecule has 1 atom stereocenters. The molecule has 3 rings (SSSR count). The van der Waals surface area contributed by atoms with Gasteiger partial charge in [-0.05, 0) is 32.2 Å². The molecule has 1 saturated heterocycles. The van der Waals surface area contributed by atoms with Gasteiger partial charge in [-0.1, -0.05) is 11.6 Å². The first-order chi connectivity index (χ1) is 9.72. The van der Waals surface area contributed by atoms with Crippen LogP contribution in [0.1, 0.15) is 24.2 Å². The fourth-order valence-electron chi connectivity index (χ4n) is 2.92. The SMILES string of the molecule is Cc1[nH]nc(CN2CCC[C@@H](Cn3ccnc3)C2)c1Cl. The van der Waals surface area contributed by atoms with Crippen LogP contribution >= 0.6 is 11.6 Å². The quantitative estimate of drug-likeness (QED) is 0.942. The third-order valence-electron chi connectivity index (χ3n) is 3.95. The lowest BCUT2D eigenvalue weighted by Crippen LogP contribution is -2.36. The summed E-state index contributed by atoms with van der Waals surface area (Å²) in [6.45, 7) is 6.06. The number of hydrogen-bond acceptors (Lipinski definition) is 3. The summed E-state index contributed by atoms with van der Waals surface area (Å²) in [4.78, 5) is 6.56. The molecule has 108 valence electrons. The molecule has 5 nitrogen and oxygen atoms in total. The van der Waals surface area contributed by atoms with Crippen molar-refractivity contribution in [2.24, 2.45) is 5.92 Å². The molecule has 1 N–H and O–H groups in total. The van der Waals surface area contributed by atoms with Gasteiger partial charge in [0, 0.05) is 32.0 Å². The minimum Gasteiger partial charge on any atom is -0.337 e. The van der Waals surface area contributed by atoms with Gasteiger partial charge >= 0.3 is 0 Å². The number of aromatic amines is 1. The smallest absolute Gasteiger partial charge is 0.0951 e. The van der Waals surface area contributed by atoms with Crippen molar-refractivity contribution in [3.8, 4) is 0 Å². The molecule has 0 unspecified atom stereocenters. The van der Waals surface area contributed by atoms with Crippen LogP contribution in [0.4, 0.5) is 0 Å². The van der Waals surface area contributed by atoms with Gasteiger partial charge in [-0.3, -0.25) is 10.00 Å². The number of imidazole rings is 1. The standard InChI is InChI=1S/C14H20ClN5/c1-11-14(15)13(18-17-11)9-19-5-2-3-12(7-19)8-20-6-4-16-10-20/h4,6,10,12H,2-3,5,7-9H2,1H3,(H,17,18)/t12-/m1/s1. The molecule has 0 radical (unpaired) electrons. The van der Waals surface area contributed by atoms with Crippen LogP contribution in [0.3, 0.4) is 0 Å². The zero-order valence-corrected chi connectivity index (χ0v) is 12.5. The summed E-state index contributed by atoms with van der Waals surface area (Å²) in [5, 5.41) is 8.03. The minimum atomic E-state index is 0.678. The lowest BCUT2D eigenvalue weighted by molar-refractivity contribution is 0.154. The number of nitrogens with one attached hydrogen (secondary N) is 1. The van der Waals surface area contributed by atoms with E-state index in [0.29, 0.717) is 5.92 Å². The van der Waals surface area contributed by atoms with Crippen molar-refractivity contribution in [3.05, 3.63) is 35.1 Å². The van der Waals surface area contributed by atoms with Crippen molar-refractivity contribution in [2.75, 3.05) is 13.1 Å². The third-order valence-corrected chi connectivity index (χ3v) is 4.45. The largest absolute Gasteiger partial charge is 0.337 e. The van der Waals surface area contributed by atoms with Crippen LogP contribution < -0.4 is 0 Å². The number of piperidine rings is 1. The molecular formula is C14H20ClN5. The highest BCUT2D eigenvalue weighted by atomic mass is 35.5. The fourth-order valence-corrected chi connectivity index (χ4v) is 3.06. The molecule has 0 spiro atoms. The zero-order valence-electron chi connectivity index (χ0n) is 11.7. The second-order valence-electron chi connectivity index (χ2n) is 5.61. The lowest BCUT2D eigenvalue weighted by atomic mass is 9.98. The first-order valence-corrected chi connectivity index (χ1v) is 7.47. The van der Waals surface area contributed by atoms with Gasteiger partial charge in [0.05, 0.1) is 22.7 Å². The predicted octanol–water partition coefficient (Wildman–Crippen LogP) is 2.48. The number of H-pyrrole nitrogens is 1. The highest BCUT2D eigenvalue weighted by Gasteiger charge is 2.22. The van der Waals surface area contributed by atoms with Crippen LogP contribution in [0, 0.1) is 12.8 Å². The second-order valence-corrected chi connectivity index (χ2v) is 5.99. The Balaban J connectivity index is 1.59. The Kier molecular flexibility index (Phi) is 4.08. The average Bonchev–Trinajstić information content (AvgIpc) is 3.05. The number of likely N-dealkylation sites (tertiary alicyclic amines) is 1. The molecule has 20 heavy (non-hydrogen) atoms. The van der Waals surface area contributed by atoms with Crippen molar-refractivity contribution in [3.63, 3.8) is 0 Å². The number of rotatable bonds is 4. The van der Waals surface area contributed by atoms with Crippen molar-refractivity contribution in [1.82, 2.24) is 24.6 Å². The van der Waals surface area contributed by atoms with Crippen LogP contribution in [0.15, 0.2) is 18.7 Å². The predicted molar refractivity (Wildman–Crippen MR) is 78.6 cm³/mol. The maximum atomic E-state index is 6.25. The first-order valence-electron chi connectivity index (χ1n) is 7.10. The lowest BCUT2D eigenvalue weighted by Gasteiger charge is -2.32. The molecule has 3 heterocycles. The van der Waals surface area contributed by atoms with Crippen LogP contribution in [0.5, 0.6) is 0 Å². The molecule has 0 amide bonds. The highest BCUT2D eigenvalue weighted by molar-refractivity contribution is 6.31. The van der Waals surface area contributed by atoms with Gasteiger partial charge in [0.1, 0.15) is 0 Å². The maximum absolute atomic E-state index is 6.25. The summed E-state index contributed by atoms with van der Waals surface area (Å²) in [7, 11) is 0. The zero-order chi connectivity index (χ0) is 13.9. The average molecular weight is 294 g/mol. The Hall–Kier alpha value is -1.33. The molecule has 0 aromatic carbocycles. The van der Waals surface area contributed by atoms with E-state index in [1.165, 1.54) is 12.8 Å². The number of aryl methyl sites for hydroxylation is 1. The number of nitrogens with zero attached hydrogens (tertiary/aromatic N) is 4. The van der Waals surface area contributed by atoms with E-state index >= 15 is 0 Å². The molecule has 1 aliphatic heterocycles. The van der Waals surface area contributed by atoms with E-state index < -0.39 is 0 Å². The third kappa shape index (κ3) is 3.04. The van der Waals surface area contributed by atoms with E-state index in [4.69, 9.17) is 11.6 Å². The van der Waals surface area contributed by atoms with E-state index in [0.717, 1.165) is 42.6 Å². The summed E-state index contributed by atoms with van der Waals surface area (Å²) in [6, 6.07) is 0. The molecule has 1 fully saturated rings. The van der Waals surface area contributed by atoms with Gasteiger partial charge in [-0.15, -0.1) is 0 Å².